The molecule has 0 atom stereocenters. The molecule has 0 aliphatic carbocycles. The fourth-order valence-electron chi connectivity index (χ4n) is 0. The highest BCUT2D eigenvalue weighted by atomic mass is 35.5. The fourth-order valence-corrected chi connectivity index (χ4v) is 0. The molecule has 0 unspecified atom stereocenters. The van der Waals surface area contributed by atoms with Crippen molar-refractivity contribution in [2.75, 3.05) is 5.34 Å². The predicted molar refractivity (Wildman–Crippen MR) is 29.9 cm³/mol. The summed E-state index contributed by atoms with van der Waals surface area (Å²) in [6.07, 6.45) is 0. The summed E-state index contributed by atoms with van der Waals surface area (Å²) in [6, 6.07) is 0. The maximum Gasteiger partial charge on any atom is 0.300 e. The summed E-state index contributed by atoms with van der Waals surface area (Å²) >= 11 is 9.53. The van der Waals surface area contributed by atoms with Crippen molar-refractivity contribution >= 4 is 29.2 Å². The maximum atomic E-state index is 9.00. The van der Waals surface area contributed by atoms with Crippen LogP contribution in [0.25, 0.3) is 0 Å². The number of hydrogen-bond acceptors (Lipinski definition) is 1. The first-order valence-corrected chi connectivity index (χ1v) is 2.53. The molecule has 0 spiro atoms. The second-order valence-electron chi connectivity index (χ2n) is 0.620. The summed E-state index contributed by atoms with van der Waals surface area (Å²) in [7, 11) is 0. The molecule has 0 heterocycles. The standard InChI is InChI=1S/C2H4O2.CH2Cl2/c1-2(3)4;2-1-3/h1H3,(H,3,4);1H2. The summed E-state index contributed by atoms with van der Waals surface area (Å²) < 4.78 is 0. The molecule has 0 radical (unpaired) electrons. The summed E-state index contributed by atoms with van der Waals surface area (Å²) in [5.74, 6) is -0.833. The monoisotopic (exact) mass is 144 g/mol. The van der Waals surface area contributed by atoms with Gasteiger partial charge in [0, 0.05) is 6.92 Å². The topological polar surface area (TPSA) is 37.3 Å². The molecule has 4 heteroatoms. The first kappa shape index (κ1) is 10.1. The minimum absolute atomic E-state index is 0.194. The van der Waals surface area contributed by atoms with E-state index in [9.17, 15) is 0 Å². The number of rotatable bonds is 0. The molecule has 0 fully saturated rings. The van der Waals surface area contributed by atoms with E-state index in [1.807, 2.05) is 0 Å². The van der Waals surface area contributed by atoms with E-state index in [4.69, 9.17) is 33.1 Å². The van der Waals surface area contributed by atoms with Gasteiger partial charge in [-0.3, -0.25) is 4.79 Å². The molecular weight excluding hydrogens is 139 g/mol. The molecule has 0 aliphatic heterocycles. The largest absolute Gasteiger partial charge is 0.481 e. The van der Waals surface area contributed by atoms with Crippen LogP contribution < -0.4 is 0 Å². The van der Waals surface area contributed by atoms with Gasteiger partial charge in [-0.25, -0.2) is 0 Å². The Bertz CT molecular complexity index is 42.2. The molecule has 0 aromatic carbocycles. The predicted octanol–water partition coefficient (Wildman–Crippen LogP) is 1.51. The second-order valence-corrected chi connectivity index (χ2v) is 1.43. The molecule has 1 N–H and O–H groups in total. The van der Waals surface area contributed by atoms with E-state index in [0.29, 0.717) is 0 Å². The smallest absolute Gasteiger partial charge is 0.300 e. The zero-order valence-corrected chi connectivity index (χ0v) is 5.33. The maximum absolute atomic E-state index is 9.00. The molecule has 2 nitrogen and oxygen atoms in total. The Balaban J connectivity index is 0. The number of aliphatic carboxylic acids is 1. The van der Waals surface area contributed by atoms with Crippen LogP contribution in [0.5, 0.6) is 0 Å². The van der Waals surface area contributed by atoms with Crippen LogP contribution in [0.3, 0.4) is 0 Å². The van der Waals surface area contributed by atoms with Crippen LogP contribution in [0.4, 0.5) is 0 Å². The van der Waals surface area contributed by atoms with Crippen molar-refractivity contribution in [2.24, 2.45) is 0 Å². The van der Waals surface area contributed by atoms with Crippen molar-refractivity contribution in [3.05, 3.63) is 0 Å². The molecule has 0 amide bonds. The van der Waals surface area contributed by atoms with Crippen LogP contribution in [-0.2, 0) is 4.79 Å². The van der Waals surface area contributed by atoms with Gasteiger partial charge < -0.3 is 5.11 Å². The van der Waals surface area contributed by atoms with Gasteiger partial charge in [0.25, 0.3) is 5.97 Å². The quantitative estimate of drug-likeness (QED) is 0.524. The van der Waals surface area contributed by atoms with Crippen molar-refractivity contribution in [3.8, 4) is 0 Å². The Morgan fingerprint density at radius 2 is 1.71 bits per heavy atom. The van der Waals surface area contributed by atoms with Crippen LogP contribution in [0.1, 0.15) is 6.92 Å². The SMILES string of the molecule is CC(=O)O.ClCCl. The molecule has 0 aliphatic rings. The molecule has 0 bridgehead atoms. The van der Waals surface area contributed by atoms with Crippen LogP contribution in [0.15, 0.2) is 0 Å². The van der Waals surface area contributed by atoms with Crippen molar-refractivity contribution in [1.82, 2.24) is 0 Å². The lowest BCUT2D eigenvalue weighted by Gasteiger charge is -1.59. The van der Waals surface area contributed by atoms with Crippen molar-refractivity contribution in [3.63, 3.8) is 0 Å². The van der Waals surface area contributed by atoms with Gasteiger partial charge in [-0.1, -0.05) is 0 Å². The van der Waals surface area contributed by atoms with E-state index in [1.54, 1.807) is 0 Å². The molecule has 44 valence electrons. The van der Waals surface area contributed by atoms with Gasteiger partial charge in [0.2, 0.25) is 0 Å². The lowest BCUT2D eigenvalue weighted by atomic mass is 10.9. The number of carbonyl (C=O) groups is 1. The molecular formula is C3H6Cl2O2. The van der Waals surface area contributed by atoms with E-state index < -0.39 is 5.97 Å². The summed E-state index contributed by atoms with van der Waals surface area (Å²) in [4.78, 5) is 9.00. The average Bonchev–Trinajstić information content (AvgIpc) is 1.33. The Labute approximate surface area is 52.0 Å². The third-order valence-corrected chi connectivity index (χ3v) is 0. The van der Waals surface area contributed by atoms with E-state index in [0.717, 1.165) is 6.92 Å². The van der Waals surface area contributed by atoms with Gasteiger partial charge in [-0.15, -0.1) is 23.2 Å². The highest BCUT2D eigenvalue weighted by Crippen LogP contribution is 1.73. The second kappa shape index (κ2) is 9.41. The van der Waals surface area contributed by atoms with E-state index in [2.05, 4.69) is 0 Å². The van der Waals surface area contributed by atoms with Gasteiger partial charge in [-0.2, -0.15) is 0 Å². The molecule has 0 aromatic heterocycles. The summed E-state index contributed by atoms with van der Waals surface area (Å²) in [5.41, 5.74) is 0. The number of carboxylic acids is 1. The van der Waals surface area contributed by atoms with Gasteiger partial charge in [0.05, 0.1) is 5.34 Å². The summed E-state index contributed by atoms with van der Waals surface area (Å²) in [6.45, 7) is 1.08. The van der Waals surface area contributed by atoms with Crippen molar-refractivity contribution in [1.29, 1.82) is 0 Å². The molecule has 0 saturated heterocycles. The Morgan fingerprint density at radius 3 is 1.71 bits per heavy atom. The highest BCUT2D eigenvalue weighted by molar-refractivity contribution is 6.40. The number of halogens is 2. The lowest BCUT2D eigenvalue weighted by molar-refractivity contribution is -0.134. The Kier molecular flexibility index (Phi) is 13.6. The van der Waals surface area contributed by atoms with Gasteiger partial charge in [-0.05, 0) is 0 Å². The number of hydrogen-bond donors (Lipinski definition) is 1. The third kappa shape index (κ3) is 39700. The van der Waals surface area contributed by atoms with Gasteiger partial charge >= 0.3 is 0 Å². The van der Waals surface area contributed by atoms with Gasteiger partial charge in [0.1, 0.15) is 0 Å². The van der Waals surface area contributed by atoms with Crippen molar-refractivity contribution in [2.45, 2.75) is 6.92 Å². The van der Waals surface area contributed by atoms with Crippen LogP contribution in [0.2, 0.25) is 0 Å². The minimum atomic E-state index is -0.833. The third-order valence-electron chi connectivity index (χ3n) is 0. The van der Waals surface area contributed by atoms with Crippen LogP contribution >= 0.6 is 23.2 Å². The highest BCUT2D eigenvalue weighted by Gasteiger charge is 1.65. The molecule has 0 saturated carbocycles. The number of alkyl halides is 2. The van der Waals surface area contributed by atoms with E-state index in [-0.39, 0.29) is 5.34 Å². The van der Waals surface area contributed by atoms with Gasteiger partial charge in [0.15, 0.2) is 0 Å². The Hall–Kier alpha value is 0.0500. The molecule has 0 aromatic rings. The van der Waals surface area contributed by atoms with E-state index in [1.165, 1.54) is 0 Å². The molecule has 7 heavy (non-hydrogen) atoms. The minimum Gasteiger partial charge on any atom is -0.481 e. The number of carboxylic acid groups (broad SMARTS) is 1. The van der Waals surface area contributed by atoms with Crippen molar-refractivity contribution < 1.29 is 9.90 Å². The van der Waals surface area contributed by atoms with E-state index >= 15 is 0 Å². The first-order valence-electron chi connectivity index (χ1n) is 1.46. The molecule has 0 rings (SSSR count). The van der Waals surface area contributed by atoms with Crippen LogP contribution in [0, 0.1) is 0 Å². The normalized spacial score (nSPS) is 6.14. The Morgan fingerprint density at radius 1 is 1.71 bits per heavy atom. The first-order chi connectivity index (χ1) is 3.15. The zero-order chi connectivity index (χ0) is 6.28. The summed E-state index contributed by atoms with van der Waals surface area (Å²) in [5, 5.41) is 7.61. The fraction of sp³-hybridized carbons (Fsp3) is 0.667. The zero-order valence-electron chi connectivity index (χ0n) is 3.82. The lowest BCUT2D eigenvalue weighted by Crippen LogP contribution is -1.78. The van der Waals surface area contributed by atoms with Crippen LogP contribution in [-0.4, -0.2) is 16.4 Å². The average molecular weight is 145 g/mol.